The van der Waals surface area contributed by atoms with Gasteiger partial charge in [-0.25, -0.2) is 0 Å². The zero-order chi connectivity index (χ0) is 18.6. The van der Waals surface area contributed by atoms with Crippen LogP contribution in [0.2, 0.25) is 0 Å². The molecule has 8 heteroatoms. The number of nitro groups is 1. The van der Waals surface area contributed by atoms with Gasteiger partial charge in [0.15, 0.2) is 5.78 Å². The largest absolute Gasteiger partial charge is 0.450 e. The molecule has 130 valence electrons. The Balaban J connectivity index is 2.46. The standard InChI is InChI=1S/C17H16N2O6/c1-10(20)11-3-5-15(13(7-11)9-24-2)25-16-6-4-12(17(18)21)8-14(16)19(22)23/h3-8H,9H2,1-2H3,(H2,18,21). The van der Waals surface area contributed by atoms with E-state index >= 15 is 0 Å². The Hall–Kier alpha value is -3.26. The van der Waals surface area contributed by atoms with Gasteiger partial charge in [-0.1, -0.05) is 0 Å². The van der Waals surface area contributed by atoms with Gasteiger partial charge in [0, 0.05) is 29.9 Å². The Bertz CT molecular complexity index is 847. The van der Waals surface area contributed by atoms with Crippen LogP contribution in [0.5, 0.6) is 11.5 Å². The van der Waals surface area contributed by atoms with E-state index in [-0.39, 0.29) is 23.7 Å². The number of hydrogen-bond donors (Lipinski definition) is 1. The minimum absolute atomic E-state index is 0.00286. The van der Waals surface area contributed by atoms with E-state index in [1.54, 1.807) is 12.1 Å². The van der Waals surface area contributed by atoms with Gasteiger partial charge in [-0.15, -0.1) is 0 Å². The molecule has 0 aliphatic heterocycles. The summed E-state index contributed by atoms with van der Waals surface area (Å²) in [6.45, 7) is 1.59. The average Bonchev–Trinajstić information content (AvgIpc) is 2.56. The first-order valence-corrected chi connectivity index (χ1v) is 7.22. The van der Waals surface area contributed by atoms with Gasteiger partial charge in [-0.05, 0) is 37.3 Å². The normalized spacial score (nSPS) is 10.3. The third-order valence-electron chi connectivity index (χ3n) is 3.43. The van der Waals surface area contributed by atoms with E-state index in [4.69, 9.17) is 15.2 Å². The number of methoxy groups -OCH3 is 1. The molecular weight excluding hydrogens is 328 g/mol. The molecule has 8 nitrogen and oxygen atoms in total. The van der Waals surface area contributed by atoms with E-state index in [9.17, 15) is 19.7 Å². The number of rotatable bonds is 7. The predicted octanol–water partition coefficient (Wildman–Crippen LogP) is 2.83. The van der Waals surface area contributed by atoms with Crippen LogP contribution < -0.4 is 10.5 Å². The molecule has 0 aliphatic carbocycles. The first-order valence-electron chi connectivity index (χ1n) is 7.22. The molecule has 0 radical (unpaired) electrons. The number of nitrogens with zero attached hydrogens (tertiary/aromatic N) is 1. The second-order valence-electron chi connectivity index (χ2n) is 5.22. The summed E-state index contributed by atoms with van der Waals surface area (Å²) in [5, 5.41) is 11.2. The number of benzene rings is 2. The average molecular weight is 344 g/mol. The van der Waals surface area contributed by atoms with E-state index in [0.29, 0.717) is 16.9 Å². The molecule has 0 heterocycles. The number of primary amides is 1. The van der Waals surface area contributed by atoms with Crippen LogP contribution in [0.25, 0.3) is 0 Å². The van der Waals surface area contributed by atoms with Crippen LogP contribution in [-0.2, 0) is 11.3 Å². The van der Waals surface area contributed by atoms with Gasteiger partial charge in [0.05, 0.1) is 11.5 Å². The maximum atomic E-state index is 11.5. The Labute approximate surface area is 143 Å². The van der Waals surface area contributed by atoms with Gasteiger partial charge < -0.3 is 15.2 Å². The van der Waals surface area contributed by atoms with E-state index in [0.717, 1.165) is 6.07 Å². The molecule has 0 atom stereocenters. The third-order valence-corrected chi connectivity index (χ3v) is 3.43. The monoisotopic (exact) mass is 344 g/mol. The first kappa shape index (κ1) is 18.1. The molecule has 0 fully saturated rings. The minimum atomic E-state index is -0.777. The first-order chi connectivity index (χ1) is 11.8. The summed E-state index contributed by atoms with van der Waals surface area (Å²) in [5.74, 6) is -0.647. The van der Waals surface area contributed by atoms with Gasteiger partial charge in [0.1, 0.15) is 5.75 Å². The molecule has 2 aromatic carbocycles. The van der Waals surface area contributed by atoms with Crippen molar-refractivity contribution in [3.63, 3.8) is 0 Å². The molecule has 0 aliphatic rings. The molecule has 0 unspecified atom stereocenters. The lowest BCUT2D eigenvalue weighted by Crippen LogP contribution is -2.11. The van der Waals surface area contributed by atoms with Crippen LogP contribution >= 0.6 is 0 Å². The number of nitrogens with two attached hydrogens (primary N) is 1. The maximum Gasteiger partial charge on any atom is 0.312 e. The fourth-order valence-electron chi connectivity index (χ4n) is 2.18. The summed E-state index contributed by atoms with van der Waals surface area (Å²) in [4.78, 5) is 33.3. The fourth-order valence-corrected chi connectivity index (χ4v) is 2.18. The number of ether oxygens (including phenoxy) is 2. The predicted molar refractivity (Wildman–Crippen MR) is 88.8 cm³/mol. The second-order valence-corrected chi connectivity index (χ2v) is 5.22. The molecule has 2 N–H and O–H groups in total. The van der Waals surface area contributed by atoms with Crippen LogP contribution in [0, 0.1) is 10.1 Å². The Kier molecular flexibility index (Phi) is 5.45. The molecule has 0 spiro atoms. The highest BCUT2D eigenvalue weighted by Crippen LogP contribution is 2.34. The summed E-state index contributed by atoms with van der Waals surface area (Å²) in [7, 11) is 1.48. The summed E-state index contributed by atoms with van der Waals surface area (Å²) < 4.78 is 10.7. The van der Waals surface area contributed by atoms with Crippen LogP contribution in [0.1, 0.15) is 33.2 Å². The zero-order valence-electron chi connectivity index (χ0n) is 13.6. The molecular formula is C17H16N2O6. The minimum Gasteiger partial charge on any atom is -0.450 e. The van der Waals surface area contributed by atoms with Crippen LogP contribution in [0.15, 0.2) is 36.4 Å². The summed E-state index contributed by atoms with van der Waals surface area (Å²) >= 11 is 0. The van der Waals surface area contributed by atoms with Crippen LogP contribution in [0.4, 0.5) is 5.69 Å². The van der Waals surface area contributed by atoms with Crippen molar-refractivity contribution in [2.75, 3.05) is 7.11 Å². The fraction of sp³-hybridized carbons (Fsp3) is 0.176. The van der Waals surface area contributed by atoms with Crippen molar-refractivity contribution < 1.29 is 24.0 Å². The zero-order valence-corrected chi connectivity index (χ0v) is 13.6. The molecule has 0 bridgehead atoms. The summed E-state index contributed by atoms with van der Waals surface area (Å²) in [5.41, 5.74) is 5.78. The van der Waals surface area contributed by atoms with Gasteiger partial charge >= 0.3 is 5.69 Å². The summed E-state index contributed by atoms with van der Waals surface area (Å²) in [6.07, 6.45) is 0. The van der Waals surface area contributed by atoms with Crippen molar-refractivity contribution in [3.05, 3.63) is 63.2 Å². The lowest BCUT2D eigenvalue weighted by atomic mass is 10.1. The van der Waals surface area contributed by atoms with Crippen molar-refractivity contribution in [2.24, 2.45) is 5.73 Å². The van der Waals surface area contributed by atoms with Gasteiger partial charge in [-0.3, -0.25) is 19.7 Å². The Morgan fingerprint density at radius 1 is 1.12 bits per heavy atom. The van der Waals surface area contributed by atoms with Crippen molar-refractivity contribution in [1.29, 1.82) is 0 Å². The van der Waals surface area contributed by atoms with E-state index in [1.165, 1.54) is 32.2 Å². The van der Waals surface area contributed by atoms with Gasteiger partial charge in [0.25, 0.3) is 0 Å². The number of amides is 1. The smallest absolute Gasteiger partial charge is 0.312 e. The maximum absolute atomic E-state index is 11.5. The second kappa shape index (κ2) is 7.54. The molecule has 0 saturated carbocycles. The lowest BCUT2D eigenvalue weighted by molar-refractivity contribution is -0.385. The summed E-state index contributed by atoms with van der Waals surface area (Å²) in [6, 6.07) is 8.39. The van der Waals surface area contributed by atoms with Crippen molar-refractivity contribution in [1.82, 2.24) is 0 Å². The number of hydrogen-bond acceptors (Lipinski definition) is 6. The number of carbonyl (C=O) groups excluding carboxylic acids is 2. The molecule has 25 heavy (non-hydrogen) atoms. The van der Waals surface area contributed by atoms with Crippen LogP contribution in [-0.4, -0.2) is 23.7 Å². The number of nitro benzene ring substituents is 1. The quantitative estimate of drug-likeness (QED) is 0.468. The molecule has 0 saturated heterocycles. The topological polar surface area (TPSA) is 122 Å². The Morgan fingerprint density at radius 2 is 1.76 bits per heavy atom. The number of carbonyl (C=O) groups is 2. The van der Waals surface area contributed by atoms with Gasteiger partial charge in [-0.2, -0.15) is 0 Å². The molecule has 0 aromatic heterocycles. The SMILES string of the molecule is COCc1cc(C(C)=O)ccc1Oc1ccc(C(N)=O)cc1[N+](=O)[O-]. The van der Waals surface area contributed by atoms with E-state index < -0.39 is 16.5 Å². The van der Waals surface area contributed by atoms with Crippen molar-refractivity contribution >= 4 is 17.4 Å². The third kappa shape index (κ3) is 4.18. The molecule has 2 rings (SSSR count). The molecule has 2 aromatic rings. The Morgan fingerprint density at radius 3 is 2.32 bits per heavy atom. The highest BCUT2D eigenvalue weighted by molar-refractivity contribution is 5.94. The number of Topliss-reactive ketones (excluding diaryl/α,β-unsaturated/α-hetero) is 1. The number of ketones is 1. The van der Waals surface area contributed by atoms with E-state index in [2.05, 4.69) is 0 Å². The molecule has 1 amide bonds. The van der Waals surface area contributed by atoms with Crippen LogP contribution in [0.3, 0.4) is 0 Å². The van der Waals surface area contributed by atoms with Crippen molar-refractivity contribution in [2.45, 2.75) is 13.5 Å². The van der Waals surface area contributed by atoms with Crippen molar-refractivity contribution in [3.8, 4) is 11.5 Å². The van der Waals surface area contributed by atoms with Gasteiger partial charge in [0.2, 0.25) is 11.7 Å². The highest BCUT2D eigenvalue weighted by Gasteiger charge is 2.20. The highest BCUT2D eigenvalue weighted by atomic mass is 16.6. The van der Waals surface area contributed by atoms with E-state index in [1.807, 2.05) is 0 Å². The lowest BCUT2D eigenvalue weighted by Gasteiger charge is -2.12.